The lowest BCUT2D eigenvalue weighted by molar-refractivity contribution is -0.145. The topological polar surface area (TPSA) is 166 Å². The van der Waals surface area contributed by atoms with E-state index in [-0.39, 0.29) is 6.54 Å². The van der Waals surface area contributed by atoms with E-state index in [1.165, 1.54) is 4.90 Å². The quantitative estimate of drug-likeness (QED) is 0.435. The van der Waals surface area contributed by atoms with Gasteiger partial charge in [-0.15, -0.1) is 0 Å². The fourth-order valence-corrected chi connectivity index (χ4v) is 5.04. The SMILES string of the molecule is CC(C)[C@@H](C(=O)N[C@@H](CC(N)=O)C(=O)O)N1C(=O)N2CCc3c([nH]c4ccccc34)[C@@]2(C)C1=O. The summed E-state index contributed by atoms with van der Waals surface area (Å²) in [4.78, 5) is 68.9. The Bertz CT molecular complexity index is 1220. The highest BCUT2D eigenvalue weighted by Gasteiger charge is 2.61. The minimum Gasteiger partial charge on any atom is -0.480 e. The van der Waals surface area contributed by atoms with E-state index in [0.29, 0.717) is 12.1 Å². The van der Waals surface area contributed by atoms with E-state index in [1.807, 2.05) is 24.3 Å². The predicted molar refractivity (Wildman–Crippen MR) is 120 cm³/mol. The highest BCUT2D eigenvalue weighted by molar-refractivity contribution is 6.11. The number of carbonyl (C=O) groups excluding carboxylic acids is 4. The molecule has 0 bridgehead atoms. The van der Waals surface area contributed by atoms with Crippen LogP contribution in [0, 0.1) is 5.92 Å². The molecule has 1 fully saturated rings. The predicted octanol–water partition coefficient (Wildman–Crippen LogP) is 0.673. The van der Waals surface area contributed by atoms with Gasteiger partial charge in [0, 0.05) is 17.4 Å². The number of nitrogens with one attached hydrogen (secondary N) is 2. The lowest BCUT2D eigenvalue weighted by Crippen LogP contribution is -2.56. The van der Waals surface area contributed by atoms with Crippen LogP contribution in [-0.4, -0.2) is 68.2 Å². The van der Waals surface area contributed by atoms with E-state index in [4.69, 9.17) is 5.73 Å². The number of primary amides is 1. The Kier molecular flexibility index (Phi) is 5.58. The van der Waals surface area contributed by atoms with Crippen molar-refractivity contribution in [3.8, 4) is 0 Å². The number of aliphatic carboxylic acids is 1. The minimum absolute atomic E-state index is 0.290. The number of urea groups is 1. The molecule has 5 N–H and O–H groups in total. The first-order valence-electron chi connectivity index (χ1n) is 11.0. The first-order chi connectivity index (χ1) is 16.0. The molecule has 0 radical (unpaired) electrons. The molecule has 11 nitrogen and oxygen atoms in total. The highest BCUT2D eigenvalue weighted by Crippen LogP contribution is 2.45. The van der Waals surface area contributed by atoms with Gasteiger partial charge in [-0.2, -0.15) is 0 Å². The monoisotopic (exact) mass is 469 g/mol. The van der Waals surface area contributed by atoms with Gasteiger partial charge in [-0.3, -0.25) is 14.4 Å². The van der Waals surface area contributed by atoms with Crippen molar-refractivity contribution < 1.29 is 29.1 Å². The van der Waals surface area contributed by atoms with Crippen LogP contribution < -0.4 is 11.1 Å². The summed E-state index contributed by atoms with van der Waals surface area (Å²) >= 11 is 0. The second-order valence-corrected chi connectivity index (χ2v) is 9.21. The highest BCUT2D eigenvalue weighted by atomic mass is 16.4. The summed E-state index contributed by atoms with van der Waals surface area (Å²) in [5, 5.41) is 12.6. The minimum atomic E-state index is -1.57. The van der Waals surface area contributed by atoms with E-state index >= 15 is 0 Å². The van der Waals surface area contributed by atoms with Gasteiger partial charge in [0.05, 0.1) is 12.1 Å². The number of carboxylic acid groups (broad SMARTS) is 1. The molecule has 34 heavy (non-hydrogen) atoms. The zero-order chi connectivity index (χ0) is 24.9. The smallest absolute Gasteiger partial charge is 0.328 e. The Hall–Kier alpha value is -3.89. The lowest BCUT2D eigenvalue weighted by Gasteiger charge is -2.36. The number of hydrogen-bond donors (Lipinski definition) is 4. The van der Waals surface area contributed by atoms with Crippen molar-refractivity contribution in [3.05, 3.63) is 35.5 Å². The normalized spacial score (nSPS) is 21.4. The van der Waals surface area contributed by atoms with Gasteiger partial charge in [-0.1, -0.05) is 32.0 Å². The van der Waals surface area contributed by atoms with Gasteiger partial charge in [0.15, 0.2) is 5.54 Å². The summed E-state index contributed by atoms with van der Waals surface area (Å²) in [5.74, 6) is -4.28. The van der Waals surface area contributed by atoms with Crippen LogP contribution >= 0.6 is 0 Å². The second-order valence-electron chi connectivity index (χ2n) is 9.21. The van der Waals surface area contributed by atoms with Crippen LogP contribution in [0.25, 0.3) is 10.9 Å². The maximum atomic E-state index is 13.8. The third-order valence-corrected chi connectivity index (χ3v) is 6.70. The van der Waals surface area contributed by atoms with E-state index in [2.05, 4.69) is 10.3 Å². The van der Waals surface area contributed by atoms with E-state index < -0.39 is 59.7 Å². The van der Waals surface area contributed by atoms with Gasteiger partial charge in [0.2, 0.25) is 11.8 Å². The summed E-state index contributed by atoms with van der Waals surface area (Å²) in [6, 6.07) is 4.17. The standard InChI is InChI=1S/C23H27N5O6/c1-11(2)17(19(30)26-15(20(31)32)10-16(24)29)28-21(33)23(3)18-13(8-9-27(23)22(28)34)12-6-4-5-7-14(12)25-18/h4-7,11,15,17,25H,8-10H2,1-3H3,(H2,24,29)(H,26,30)(H,31,32)/t15-,17-,23-/m0/s1. The van der Waals surface area contributed by atoms with Crippen LogP contribution in [0.1, 0.15) is 38.4 Å². The van der Waals surface area contributed by atoms with Crippen LogP contribution in [-0.2, 0) is 31.1 Å². The summed E-state index contributed by atoms with van der Waals surface area (Å²) in [5.41, 5.74) is 6.18. The number of nitrogens with two attached hydrogens (primary N) is 1. The number of hydrogen-bond acceptors (Lipinski definition) is 5. The summed E-state index contributed by atoms with van der Waals surface area (Å²) in [7, 11) is 0. The molecule has 0 aliphatic carbocycles. The van der Waals surface area contributed by atoms with Crippen molar-refractivity contribution in [2.45, 2.75) is 51.2 Å². The number of carbonyl (C=O) groups is 5. The van der Waals surface area contributed by atoms with Crippen LogP contribution in [0.5, 0.6) is 0 Å². The Labute approximate surface area is 195 Å². The molecule has 0 unspecified atom stereocenters. The summed E-state index contributed by atoms with van der Waals surface area (Å²) < 4.78 is 0. The Morgan fingerprint density at radius 1 is 1.24 bits per heavy atom. The van der Waals surface area contributed by atoms with Crippen molar-refractivity contribution in [1.82, 2.24) is 20.1 Å². The first kappa shape index (κ1) is 23.3. The Morgan fingerprint density at radius 3 is 2.53 bits per heavy atom. The number of amides is 5. The van der Waals surface area contributed by atoms with Crippen molar-refractivity contribution in [2.75, 3.05) is 6.54 Å². The third-order valence-electron chi connectivity index (χ3n) is 6.70. The maximum Gasteiger partial charge on any atom is 0.328 e. The number of aromatic amines is 1. The van der Waals surface area contributed by atoms with Crippen molar-refractivity contribution in [1.29, 1.82) is 0 Å². The summed E-state index contributed by atoms with van der Waals surface area (Å²) in [6.45, 7) is 5.26. The molecule has 11 heteroatoms. The lowest BCUT2D eigenvalue weighted by atomic mass is 9.86. The van der Waals surface area contributed by atoms with E-state index in [0.717, 1.165) is 21.4 Å². The molecule has 3 atom stereocenters. The fraction of sp³-hybridized carbons (Fsp3) is 0.435. The van der Waals surface area contributed by atoms with Gasteiger partial charge in [0.25, 0.3) is 5.91 Å². The molecular weight excluding hydrogens is 442 g/mol. The molecule has 0 spiro atoms. The van der Waals surface area contributed by atoms with Crippen molar-refractivity contribution in [3.63, 3.8) is 0 Å². The zero-order valence-electron chi connectivity index (χ0n) is 19.1. The number of fused-ring (bicyclic) bond motifs is 5. The molecule has 2 aromatic rings. The van der Waals surface area contributed by atoms with Gasteiger partial charge in [-0.25, -0.2) is 14.5 Å². The molecule has 1 aromatic heterocycles. The largest absolute Gasteiger partial charge is 0.480 e. The van der Waals surface area contributed by atoms with Crippen LogP contribution in [0.15, 0.2) is 24.3 Å². The average molecular weight is 469 g/mol. The van der Waals surface area contributed by atoms with E-state index in [9.17, 15) is 29.1 Å². The zero-order valence-corrected chi connectivity index (χ0v) is 19.1. The molecule has 5 amide bonds. The molecular formula is C23H27N5O6. The van der Waals surface area contributed by atoms with Gasteiger partial charge < -0.3 is 26.0 Å². The molecule has 1 aromatic carbocycles. The number of nitrogens with zero attached hydrogens (tertiary/aromatic N) is 2. The maximum absolute atomic E-state index is 13.8. The fourth-order valence-electron chi connectivity index (χ4n) is 5.04. The summed E-state index contributed by atoms with van der Waals surface area (Å²) in [6.07, 6.45) is -0.0733. The van der Waals surface area contributed by atoms with Crippen molar-refractivity contribution in [2.24, 2.45) is 11.7 Å². The molecule has 180 valence electrons. The molecule has 4 rings (SSSR count). The first-order valence-corrected chi connectivity index (χ1v) is 11.0. The molecule has 2 aliphatic rings. The third kappa shape index (κ3) is 3.39. The van der Waals surface area contributed by atoms with Crippen LogP contribution in [0.4, 0.5) is 4.79 Å². The average Bonchev–Trinajstić information content (AvgIpc) is 3.23. The van der Waals surface area contributed by atoms with Gasteiger partial charge in [-0.05, 0) is 30.9 Å². The number of imide groups is 1. The number of aromatic nitrogens is 1. The number of para-hydroxylation sites is 1. The molecule has 2 aliphatic heterocycles. The number of rotatable bonds is 7. The molecule has 0 saturated carbocycles. The molecule has 3 heterocycles. The number of benzene rings is 1. The van der Waals surface area contributed by atoms with Crippen molar-refractivity contribution >= 4 is 40.6 Å². The Balaban J connectivity index is 1.72. The Morgan fingerprint density at radius 2 is 1.91 bits per heavy atom. The van der Waals surface area contributed by atoms with Gasteiger partial charge >= 0.3 is 12.0 Å². The van der Waals surface area contributed by atoms with E-state index in [1.54, 1.807) is 20.8 Å². The number of carboxylic acids is 1. The van der Waals surface area contributed by atoms with Crippen LogP contribution in [0.2, 0.25) is 0 Å². The number of H-pyrrole nitrogens is 1. The molecule has 1 saturated heterocycles. The second kappa shape index (κ2) is 8.15. The van der Waals surface area contributed by atoms with Crippen LogP contribution in [0.3, 0.4) is 0 Å². The van der Waals surface area contributed by atoms with Gasteiger partial charge in [0.1, 0.15) is 12.1 Å².